The molecule has 0 aliphatic carbocycles. The zero-order valence-corrected chi connectivity index (χ0v) is 24.8. The molecule has 214 valence electrons. The number of methoxy groups -OCH3 is 2. The Morgan fingerprint density at radius 2 is 1.65 bits per heavy atom. The van der Waals surface area contributed by atoms with Crippen molar-refractivity contribution in [1.29, 1.82) is 0 Å². The van der Waals surface area contributed by atoms with Crippen LogP contribution in [0, 0.1) is 5.92 Å². The lowest BCUT2D eigenvalue weighted by atomic mass is 9.91. The third kappa shape index (κ3) is 5.96. The van der Waals surface area contributed by atoms with Crippen LogP contribution in [-0.4, -0.2) is 46.9 Å². The second kappa shape index (κ2) is 11.3. The van der Waals surface area contributed by atoms with Gasteiger partial charge in [-0.05, 0) is 55.7 Å². The molecule has 1 amide bonds. The Bertz CT molecular complexity index is 1520. The highest BCUT2D eigenvalue weighted by molar-refractivity contribution is 7.87. The first kappa shape index (κ1) is 29.1. The van der Waals surface area contributed by atoms with E-state index in [2.05, 4.69) is 10.6 Å². The molecule has 40 heavy (non-hydrogen) atoms. The number of likely N-dealkylation sites (N-methyl/N-ethyl adjacent to an activating group) is 1. The van der Waals surface area contributed by atoms with Crippen molar-refractivity contribution in [3.8, 4) is 28.4 Å². The van der Waals surface area contributed by atoms with Crippen LogP contribution in [0.1, 0.15) is 33.3 Å². The summed E-state index contributed by atoms with van der Waals surface area (Å²) in [6.45, 7) is 7.70. The molecule has 0 aromatic heterocycles. The molecule has 10 heteroatoms. The second-order valence-corrected chi connectivity index (χ2v) is 12.3. The van der Waals surface area contributed by atoms with Crippen LogP contribution in [0.15, 0.2) is 54.6 Å². The van der Waals surface area contributed by atoms with Crippen LogP contribution in [0.25, 0.3) is 11.1 Å². The summed E-state index contributed by atoms with van der Waals surface area (Å²) in [5.74, 6) is 1.07. The van der Waals surface area contributed by atoms with Gasteiger partial charge in [-0.3, -0.25) is 4.79 Å². The Hall–Kier alpha value is -3.92. The molecular formula is C30H37N3O6S. The molecule has 0 spiro atoms. The number of para-hydroxylation sites is 2. The van der Waals surface area contributed by atoms with Gasteiger partial charge in [-0.15, -0.1) is 0 Å². The molecule has 0 saturated heterocycles. The summed E-state index contributed by atoms with van der Waals surface area (Å²) in [5, 5.41) is 6.83. The normalized spacial score (nSPS) is 14.4. The van der Waals surface area contributed by atoms with Gasteiger partial charge in [0.25, 0.3) is 5.91 Å². The van der Waals surface area contributed by atoms with Crippen LogP contribution >= 0.6 is 0 Å². The van der Waals surface area contributed by atoms with Crippen LogP contribution in [0.5, 0.6) is 17.2 Å². The number of carbonyl (C=O) groups excluding carboxylic acids is 1. The van der Waals surface area contributed by atoms with Gasteiger partial charge < -0.3 is 29.2 Å². The van der Waals surface area contributed by atoms with Gasteiger partial charge in [0.15, 0.2) is 0 Å². The molecule has 1 aliphatic heterocycles. The van der Waals surface area contributed by atoms with Crippen molar-refractivity contribution in [2.75, 3.05) is 42.6 Å². The third-order valence-electron chi connectivity index (χ3n) is 6.69. The highest BCUT2D eigenvalue weighted by Crippen LogP contribution is 2.45. The van der Waals surface area contributed by atoms with E-state index in [0.717, 1.165) is 33.8 Å². The maximum atomic E-state index is 13.3. The van der Waals surface area contributed by atoms with Crippen LogP contribution in [0.4, 0.5) is 17.1 Å². The minimum atomic E-state index is -3.76. The smallest absolute Gasteiger partial charge is 0.309 e. The van der Waals surface area contributed by atoms with E-state index >= 15 is 0 Å². The fourth-order valence-electron chi connectivity index (χ4n) is 4.97. The number of carbonyl (C=O) groups is 1. The van der Waals surface area contributed by atoms with Gasteiger partial charge in [0.1, 0.15) is 22.8 Å². The van der Waals surface area contributed by atoms with Crippen molar-refractivity contribution in [2.24, 2.45) is 5.92 Å². The van der Waals surface area contributed by atoms with E-state index in [0.29, 0.717) is 18.0 Å². The zero-order chi connectivity index (χ0) is 29.2. The average molecular weight is 568 g/mol. The predicted molar refractivity (Wildman–Crippen MR) is 159 cm³/mol. The molecule has 0 saturated carbocycles. The summed E-state index contributed by atoms with van der Waals surface area (Å²) in [5.41, 5.74) is 3.99. The van der Waals surface area contributed by atoms with Crippen molar-refractivity contribution < 1.29 is 26.9 Å². The summed E-state index contributed by atoms with van der Waals surface area (Å²) < 4.78 is 41.5. The summed E-state index contributed by atoms with van der Waals surface area (Å²) in [7, 11) is 1.15. The van der Waals surface area contributed by atoms with E-state index in [1.807, 2.05) is 64.1 Å². The standard InChI is InChI=1S/C30H37N3O6S/c1-19(2)18-40(35,36)39-20-12-13-22(27(16-20)38-7)21-14-15-25-28(33(5)29(34)30(3,4)32-25)23(21)17-31-24-10-8-9-11-26(24)37-6/h8-16,19,31-32H,17-18H2,1-7H3. The molecule has 0 atom stereocenters. The second-order valence-electron chi connectivity index (χ2n) is 10.7. The lowest BCUT2D eigenvalue weighted by molar-refractivity contribution is -0.121. The number of anilines is 3. The van der Waals surface area contributed by atoms with Crippen LogP contribution in [0.3, 0.4) is 0 Å². The van der Waals surface area contributed by atoms with E-state index < -0.39 is 15.7 Å². The highest BCUT2D eigenvalue weighted by Gasteiger charge is 2.38. The maximum absolute atomic E-state index is 13.3. The average Bonchev–Trinajstić information content (AvgIpc) is 2.89. The number of nitrogens with zero attached hydrogens (tertiary/aromatic N) is 1. The molecule has 2 N–H and O–H groups in total. The quantitative estimate of drug-likeness (QED) is 0.309. The minimum Gasteiger partial charge on any atom is -0.496 e. The lowest BCUT2D eigenvalue weighted by Crippen LogP contribution is -2.52. The Labute approximate surface area is 236 Å². The molecule has 4 rings (SSSR count). The van der Waals surface area contributed by atoms with Crippen LogP contribution < -0.4 is 29.2 Å². The Balaban J connectivity index is 1.83. The van der Waals surface area contributed by atoms with Crippen LogP contribution in [-0.2, 0) is 21.5 Å². The number of hydrogen-bond acceptors (Lipinski definition) is 8. The molecule has 1 heterocycles. The summed E-state index contributed by atoms with van der Waals surface area (Å²) >= 11 is 0. The fourth-order valence-corrected chi connectivity index (χ4v) is 6.25. The fraction of sp³-hybridized carbons (Fsp3) is 0.367. The largest absolute Gasteiger partial charge is 0.496 e. The molecule has 3 aromatic carbocycles. The first-order valence-corrected chi connectivity index (χ1v) is 14.6. The molecule has 0 unspecified atom stereocenters. The zero-order valence-electron chi connectivity index (χ0n) is 24.0. The summed E-state index contributed by atoms with van der Waals surface area (Å²) in [6.07, 6.45) is 0. The van der Waals surface area contributed by atoms with Crippen molar-refractivity contribution in [3.05, 3.63) is 60.2 Å². The monoisotopic (exact) mass is 567 g/mol. The van der Waals surface area contributed by atoms with Gasteiger partial charge in [0.05, 0.1) is 37.0 Å². The predicted octanol–water partition coefficient (Wildman–Crippen LogP) is 5.51. The third-order valence-corrected chi connectivity index (χ3v) is 8.21. The topological polar surface area (TPSA) is 106 Å². The van der Waals surface area contributed by atoms with E-state index in [-0.39, 0.29) is 23.3 Å². The van der Waals surface area contributed by atoms with Crippen molar-refractivity contribution in [3.63, 3.8) is 0 Å². The van der Waals surface area contributed by atoms with Gasteiger partial charge in [-0.1, -0.05) is 32.0 Å². The minimum absolute atomic E-state index is 0.0678. The number of nitrogens with one attached hydrogen (secondary N) is 2. The first-order chi connectivity index (χ1) is 18.9. The van der Waals surface area contributed by atoms with Gasteiger partial charge in [0.2, 0.25) is 0 Å². The number of hydrogen-bond donors (Lipinski definition) is 2. The van der Waals surface area contributed by atoms with Gasteiger partial charge in [-0.25, -0.2) is 0 Å². The number of ether oxygens (including phenoxy) is 2. The number of amides is 1. The van der Waals surface area contributed by atoms with Gasteiger partial charge in [0, 0.05) is 30.8 Å². The maximum Gasteiger partial charge on any atom is 0.309 e. The molecule has 1 aliphatic rings. The highest BCUT2D eigenvalue weighted by atomic mass is 32.2. The van der Waals surface area contributed by atoms with Gasteiger partial charge >= 0.3 is 10.1 Å². The van der Waals surface area contributed by atoms with Crippen LogP contribution in [0.2, 0.25) is 0 Å². The number of benzene rings is 3. The lowest BCUT2D eigenvalue weighted by Gasteiger charge is -2.40. The molecular weight excluding hydrogens is 530 g/mol. The number of rotatable bonds is 10. The van der Waals surface area contributed by atoms with Gasteiger partial charge in [-0.2, -0.15) is 8.42 Å². The van der Waals surface area contributed by atoms with Crippen molar-refractivity contribution in [2.45, 2.75) is 39.8 Å². The molecule has 9 nitrogen and oxygen atoms in total. The van der Waals surface area contributed by atoms with Crippen molar-refractivity contribution >= 4 is 33.1 Å². The van der Waals surface area contributed by atoms with E-state index in [4.69, 9.17) is 13.7 Å². The molecule has 0 fully saturated rings. The molecule has 0 bridgehead atoms. The number of fused-ring (bicyclic) bond motifs is 1. The van der Waals surface area contributed by atoms with E-state index in [9.17, 15) is 13.2 Å². The first-order valence-electron chi connectivity index (χ1n) is 13.1. The summed E-state index contributed by atoms with van der Waals surface area (Å²) in [6, 6.07) is 16.5. The van der Waals surface area contributed by atoms with E-state index in [1.54, 1.807) is 37.3 Å². The van der Waals surface area contributed by atoms with Crippen molar-refractivity contribution in [1.82, 2.24) is 0 Å². The Morgan fingerprint density at radius 3 is 2.33 bits per heavy atom. The SMILES string of the molecule is COc1ccccc1NCc1c(-c2ccc(OS(=O)(=O)CC(C)C)cc2OC)ccc2c1N(C)C(=O)C(C)(C)N2. The molecule has 3 aromatic rings. The summed E-state index contributed by atoms with van der Waals surface area (Å²) in [4.78, 5) is 15.0. The Kier molecular flexibility index (Phi) is 8.20. The molecule has 0 radical (unpaired) electrons. The van der Waals surface area contributed by atoms with E-state index in [1.165, 1.54) is 7.11 Å². The Morgan fingerprint density at radius 1 is 0.975 bits per heavy atom.